The van der Waals surface area contributed by atoms with Crippen LogP contribution in [-0.4, -0.2) is 48.4 Å². The molecule has 7 heteroatoms. The first kappa shape index (κ1) is 15.3. The molecule has 0 spiro atoms. The summed E-state index contributed by atoms with van der Waals surface area (Å²) in [5, 5.41) is 9.00. The molecule has 1 atom stereocenters. The number of benzene rings is 1. The van der Waals surface area contributed by atoms with Crippen molar-refractivity contribution in [3.05, 3.63) is 29.3 Å². The number of carboxylic acid groups (broad SMARTS) is 1. The van der Waals surface area contributed by atoms with Gasteiger partial charge in [0.15, 0.2) is 0 Å². The number of aryl methyl sites for hydroxylation is 1. The molecule has 0 aromatic heterocycles. The second-order valence-corrected chi connectivity index (χ2v) is 7.94. The Kier molecular flexibility index (Phi) is 4.41. The smallest absolute Gasteiger partial charge is 0.335 e. The normalized spacial score (nSPS) is 19.4. The highest BCUT2D eigenvalue weighted by molar-refractivity contribution is 7.99. The van der Waals surface area contributed by atoms with Crippen LogP contribution in [0.15, 0.2) is 23.1 Å². The number of hydrogen-bond acceptors (Lipinski definition) is 4. The Hall–Kier alpha value is -1.05. The third-order valence-electron chi connectivity index (χ3n) is 3.51. The fourth-order valence-electron chi connectivity index (χ4n) is 2.17. The van der Waals surface area contributed by atoms with E-state index >= 15 is 0 Å². The zero-order chi connectivity index (χ0) is 14.9. The first-order valence-electron chi connectivity index (χ1n) is 6.24. The van der Waals surface area contributed by atoms with Crippen molar-refractivity contribution in [3.8, 4) is 0 Å². The lowest BCUT2D eigenvalue weighted by atomic mass is 10.1. The fourth-order valence-corrected chi connectivity index (χ4v) is 5.17. The van der Waals surface area contributed by atoms with E-state index < -0.39 is 16.0 Å². The van der Waals surface area contributed by atoms with Crippen LogP contribution in [-0.2, 0) is 10.0 Å². The summed E-state index contributed by atoms with van der Waals surface area (Å²) in [4.78, 5) is 11.1. The number of hydrogen-bond donors (Lipinski definition) is 1. The van der Waals surface area contributed by atoms with E-state index in [4.69, 9.17) is 5.11 Å². The molecule has 20 heavy (non-hydrogen) atoms. The summed E-state index contributed by atoms with van der Waals surface area (Å²) >= 11 is 1.73. The Labute approximate surface area is 123 Å². The highest BCUT2D eigenvalue weighted by atomic mass is 32.2. The van der Waals surface area contributed by atoms with Crippen molar-refractivity contribution in [1.82, 2.24) is 4.31 Å². The molecule has 1 aliphatic heterocycles. The first-order chi connectivity index (χ1) is 9.34. The zero-order valence-electron chi connectivity index (χ0n) is 11.4. The van der Waals surface area contributed by atoms with Crippen molar-refractivity contribution in [3.63, 3.8) is 0 Å². The van der Waals surface area contributed by atoms with Crippen LogP contribution in [0.25, 0.3) is 0 Å². The highest BCUT2D eigenvalue weighted by Gasteiger charge is 2.31. The Bertz CT molecular complexity index is 621. The number of carbonyl (C=O) groups is 1. The Balaban J connectivity index is 2.42. The van der Waals surface area contributed by atoms with Crippen molar-refractivity contribution in [2.75, 3.05) is 18.6 Å². The second kappa shape index (κ2) is 5.75. The molecule has 0 amide bonds. The standard InChI is InChI=1S/C13H17NO4S2/c1-9-3-4-10(13(15)16)7-12(9)20(17,18)14(2)11-5-6-19-8-11/h3-4,7,11H,5-6,8H2,1-2H3,(H,15,16). The molecule has 1 aromatic carbocycles. The number of nitrogens with zero attached hydrogens (tertiary/aromatic N) is 1. The van der Waals surface area contributed by atoms with Gasteiger partial charge in [0.2, 0.25) is 10.0 Å². The van der Waals surface area contributed by atoms with Gasteiger partial charge in [-0.25, -0.2) is 13.2 Å². The van der Waals surface area contributed by atoms with E-state index in [2.05, 4.69) is 0 Å². The van der Waals surface area contributed by atoms with Crippen LogP contribution in [0.4, 0.5) is 0 Å². The summed E-state index contributed by atoms with van der Waals surface area (Å²) in [5.74, 6) is 0.618. The Morgan fingerprint density at radius 2 is 2.15 bits per heavy atom. The Morgan fingerprint density at radius 1 is 1.45 bits per heavy atom. The first-order valence-corrected chi connectivity index (χ1v) is 8.83. The van der Waals surface area contributed by atoms with E-state index in [0.29, 0.717) is 5.56 Å². The minimum absolute atomic E-state index is 0.0108. The van der Waals surface area contributed by atoms with Gasteiger partial charge >= 0.3 is 5.97 Å². The molecule has 1 N–H and O–H groups in total. The summed E-state index contributed by atoms with van der Waals surface area (Å²) < 4.78 is 26.7. The maximum absolute atomic E-state index is 12.6. The van der Waals surface area contributed by atoms with Gasteiger partial charge in [-0.1, -0.05) is 6.07 Å². The SMILES string of the molecule is Cc1ccc(C(=O)O)cc1S(=O)(=O)N(C)C1CCSC1. The van der Waals surface area contributed by atoms with Gasteiger partial charge in [-0.05, 0) is 36.8 Å². The van der Waals surface area contributed by atoms with Gasteiger partial charge in [0.1, 0.15) is 0 Å². The molecule has 2 rings (SSSR count). The highest BCUT2D eigenvalue weighted by Crippen LogP contribution is 2.28. The molecule has 1 fully saturated rings. The largest absolute Gasteiger partial charge is 0.478 e. The molecule has 1 saturated heterocycles. The van der Waals surface area contributed by atoms with Gasteiger partial charge in [0.25, 0.3) is 0 Å². The number of thioether (sulfide) groups is 1. The minimum Gasteiger partial charge on any atom is -0.478 e. The molecule has 5 nitrogen and oxygen atoms in total. The lowest BCUT2D eigenvalue weighted by Crippen LogP contribution is -2.37. The van der Waals surface area contributed by atoms with Crippen molar-refractivity contribution in [2.45, 2.75) is 24.3 Å². The average molecular weight is 315 g/mol. The van der Waals surface area contributed by atoms with Crippen molar-refractivity contribution in [2.24, 2.45) is 0 Å². The van der Waals surface area contributed by atoms with Crippen molar-refractivity contribution in [1.29, 1.82) is 0 Å². The molecule has 0 saturated carbocycles. The van der Waals surface area contributed by atoms with Crippen LogP contribution < -0.4 is 0 Å². The average Bonchev–Trinajstić information content (AvgIpc) is 2.91. The van der Waals surface area contributed by atoms with E-state index in [1.165, 1.54) is 22.5 Å². The molecular weight excluding hydrogens is 298 g/mol. The third-order valence-corrected chi connectivity index (χ3v) is 6.71. The summed E-state index contributed by atoms with van der Waals surface area (Å²) in [6.07, 6.45) is 0.831. The Morgan fingerprint density at radius 3 is 2.70 bits per heavy atom. The molecule has 0 aliphatic carbocycles. The van der Waals surface area contributed by atoms with E-state index in [1.807, 2.05) is 0 Å². The van der Waals surface area contributed by atoms with Gasteiger partial charge in [-0.2, -0.15) is 16.1 Å². The minimum atomic E-state index is -3.65. The van der Waals surface area contributed by atoms with E-state index in [0.717, 1.165) is 17.9 Å². The van der Waals surface area contributed by atoms with Crippen LogP contribution in [0.1, 0.15) is 22.3 Å². The monoisotopic (exact) mass is 315 g/mol. The van der Waals surface area contributed by atoms with E-state index in [-0.39, 0.29) is 16.5 Å². The number of rotatable bonds is 4. The maximum Gasteiger partial charge on any atom is 0.335 e. The third kappa shape index (κ3) is 2.84. The quantitative estimate of drug-likeness (QED) is 0.917. The molecule has 0 bridgehead atoms. The summed E-state index contributed by atoms with van der Waals surface area (Å²) in [6.45, 7) is 1.68. The summed E-state index contributed by atoms with van der Waals surface area (Å²) in [5.41, 5.74) is 0.552. The molecule has 0 radical (unpaired) electrons. The van der Waals surface area contributed by atoms with Crippen molar-refractivity contribution < 1.29 is 18.3 Å². The van der Waals surface area contributed by atoms with Crippen LogP contribution in [0.5, 0.6) is 0 Å². The zero-order valence-corrected chi connectivity index (χ0v) is 13.0. The van der Waals surface area contributed by atoms with E-state index in [1.54, 1.807) is 25.7 Å². The van der Waals surface area contributed by atoms with Gasteiger partial charge in [-0.15, -0.1) is 0 Å². The molecule has 1 aromatic rings. The predicted octanol–water partition coefficient (Wildman–Crippen LogP) is 1.82. The maximum atomic E-state index is 12.6. The lowest BCUT2D eigenvalue weighted by molar-refractivity contribution is 0.0696. The van der Waals surface area contributed by atoms with Gasteiger partial charge in [0, 0.05) is 18.8 Å². The van der Waals surface area contributed by atoms with Crippen LogP contribution in [0.2, 0.25) is 0 Å². The topological polar surface area (TPSA) is 74.7 Å². The van der Waals surface area contributed by atoms with Crippen LogP contribution >= 0.6 is 11.8 Å². The number of sulfonamides is 1. The molecule has 1 aliphatic rings. The number of carboxylic acids is 1. The summed E-state index contributed by atoms with van der Waals surface area (Å²) in [7, 11) is -2.08. The lowest BCUT2D eigenvalue weighted by Gasteiger charge is -2.24. The predicted molar refractivity (Wildman–Crippen MR) is 78.8 cm³/mol. The summed E-state index contributed by atoms with van der Waals surface area (Å²) in [6, 6.07) is 4.18. The van der Waals surface area contributed by atoms with Gasteiger partial charge in [-0.3, -0.25) is 0 Å². The van der Waals surface area contributed by atoms with Gasteiger partial charge < -0.3 is 5.11 Å². The second-order valence-electron chi connectivity index (χ2n) is 4.82. The molecule has 110 valence electrons. The van der Waals surface area contributed by atoms with Crippen molar-refractivity contribution >= 4 is 27.8 Å². The molecular formula is C13H17NO4S2. The van der Waals surface area contributed by atoms with Crippen LogP contribution in [0.3, 0.4) is 0 Å². The van der Waals surface area contributed by atoms with Crippen LogP contribution in [0, 0.1) is 6.92 Å². The fraction of sp³-hybridized carbons (Fsp3) is 0.462. The van der Waals surface area contributed by atoms with Gasteiger partial charge in [0.05, 0.1) is 10.5 Å². The molecule has 1 heterocycles. The number of aromatic carboxylic acids is 1. The molecule has 1 unspecified atom stereocenters. The van der Waals surface area contributed by atoms with E-state index in [9.17, 15) is 13.2 Å².